The summed E-state index contributed by atoms with van der Waals surface area (Å²) in [4.78, 5) is 0. The van der Waals surface area contributed by atoms with Gasteiger partial charge in [0, 0.05) is 6.04 Å². The Morgan fingerprint density at radius 2 is 1.70 bits per heavy atom. The molecule has 20 heavy (non-hydrogen) atoms. The molecule has 1 rings (SSSR count). The van der Waals surface area contributed by atoms with E-state index < -0.39 is 0 Å². The summed E-state index contributed by atoms with van der Waals surface area (Å²) in [6, 6.07) is 9.49. The first-order valence-electron chi connectivity index (χ1n) is 8.55. The van der Waals surface area contributed by atoms with Gasteiger partial charge in [-0.15, -0.1) is 0 Å². The number of hydrogen-bond acceptors (Lipinski definition) is 1. The first-order chi connectivity index (χ1) is 9.77. The zero-order valence-electron chi connectivity index (χ0n) is 13.8. The lowest BCUT2D eigenvalue weighted by Gasteiger charge is -2.18. The van der Waals surface area contributed by atoms with E-state index in [-0.39, 0.29) is 0 Å². The smallest absolute Gasteiger partial charge is 0.00701 e. The van der Waals surface area contributed by atoms with Crippen molar-refractivity contribution < 1.29 is 0 Å². The molecular weight excluding hydrogens is 242 g/mol. The van der Waals surface area contributed by atoms with E-state index >= 15 is 0 Å². The van der Waals surface area contributed by atoms with Gasteiger partial charge in [0.25, 0.3) is 0 Å². The van der Waals surface area contributed by atoms with E-state index in [4.69, 9.17) is 0 Å². The highest BCUT2D eigenvalue weighted by Gasteiger charge is 2.08. The van der Waals surface area contributed by atoms with Gasteiger partial charge in [-0.3, -0.25) is 0 Å². The van der Waals surface area contributed by atoms with Gasteiger partial charge in [0.15, 0.2) is 0 Å². The Kier molecular flexibility index (Phi) is 9.40. The average molecular weight is 275 g/mol. The maximum absolute atomic E-state index is 3.66. The second kappa shape index (κ2) is 10.9. The lowest BCUT2D eigenvalue weighted by Crippen LogP contribution is -2.29. The monoisotopic (exact) mass is 275 g/mol. The Balaban J connectivity index is 2.29. The number of hydrogen-bond donors (Lipinski definition) is 1. The molecule has 0 saturated heterocycles. The fraction of sp³-hybridized carbons (Fsp3) is 0.684. The van der Waals surface area contributed by atoms with Gasteiger partial charge in [0.2, 0.25) is 0 Å². The zero-order valence-corrected chi connectivity index (χ0v) is 13.8. The van der Waals surface area contributed by atoms with E-state index in [9.17, 15) is 0 Å². The zero-order chi connectivity index (χ0) is 14.6. The third-order valence-electron chi connectivity index (χ3n) is 4.17. The van der Waals surface area contributed by atoms with Gasteiger partial charge in [0.1, 0.15) is 0 Å². The molecule has 114 valence electrons. The molecule has 0 heterocycles. The van der Waals surface area contributed by atoms with Crippen LogP contribution in [-0.2, 0) is 6.42 Å². The van der Waals surface area contributed by atoms with Crippen molar-refractivity contribution in [3.63, 3.8) is 0 Å². The second-order valence-electron chi connectivity index (χ2n) is 5.92. The van der Waals surface area contributed by atoms with Crippen LogP contribution in [-0.4, -0.2) is 12.6 Å². The van der Waals surface area contributed by atoms with Gasteiger partial charge in [-0.1, -0.05) is 70.2 Å². The Morgan fingerprint density at radius 3 is 2.40 bits per heavy atom. The van der Waals surface area contributed by atoms with Crippen LogP contribution in [0.2, 0.25) is 0 Å². The van der Waals surface area contributed by atoms with Crippen molar-refractivity contribution in [2.24, 2.45) is 0 Å². The predicted octanol–water partition coefficient (Wildman–Crippen LogP) is 5.27. The Bertz CT molecular complexity index is 345. The summed E-state index contributed by atoms with van der Waals surface area (Å²) >= 11 is 0. The molecule has 0 saturated carbocycles. The number of nitrogens with one attached hydrogen (secondary N) is 1. The average Bonchev–Trinajstić information content (AvgIpc) is 2.46. The topological polar surface area (TPSA) is 12.0 Å². The number of unbranched alkanes of at least 4 members (excludes halogenated alkanes) is 4. The lowest BCUT2D eigenvalue weighted by atomic mass is 9.97. The van der Waals surface area contributed by atoms with Crippen LogP contribution < -0.4 is 5.32 Å². The van der Waals surface area contributed by atoms with Crippen molar-refractivity contribution in [3.8, 4) is 0 Å². The van der Waals surface area contributed by atoms with Crippen molar-refractivity contribution >= 4 is 0 Å². The maximum atomic E-state index is 3.66. The van der Waals surface area contributed by atoms with E-state index in [0.29, 0.717) is 6.04 Å². The van der Waals surface area contributed by atoms with Crippen molar-refractivity contribution in [2.45, 2.75) is 78.2 Å². The molecule has 0 bridgehead atoms. The minimum atomic E-state index is 0.696. The molecule has 0 amide bonds. The van der Waals surface area contributed by atoms with Crippen LogP contribution in [0.25, 0.3) is 0 Å². The molecule has 0 radical (unpaired) electrons. The summed E-state index contributed by atoms with van der Waals surface area (Å²) in [7, 11) is 0. The maximum Gasteiger partial charge on any atom is 0.00701 e. The fourth-order valence-electron chi connectivity index (χ4n) is 2.85. The number of rotatable bonds is 11. The van der Waals surface area contributed by atoms with Crippen LogP contribution in [0.5, 0.6) is 0 Å². The normalized spacial score (nSPS) is 12.6. The minimum Gasteiger partial charge on any atom is -0.314 e. The Morgan fingerprint density at radius 1 is 0.950 bits per heavy atom. The SMILES string of the molecule is CCCCCCCC(CCc1ccccc1C)NCC. The van der Waals surface area contributed by atoms with Crippen LogP contribution >= 0.6 is 0 Å². The van der Waals surface area contributed by atoms with Crippen molar-refractivity contribution in [3.05, 3.63) is 35.4 Å². The first kappa shape index (κ1) is 17.2. The van der Waals surface area contributed by atoms with Gasteiger partial charge >= 0.3 is 0 Å². The third kappa shape index (κ3) is 7.09. The Labute approximate surface area is 126 Å². The number of benzene rings is 1. The summed E-state index contributed by atoms with van der Waals surface area (Å²) in [5.74, 6) is 0. The van der Waals surface area contributed by atoms with Crippen LogP contribution in [0.4, 0.5) is 0 Å². The van der Waals surface area contributed by atoms with Gasteiger partial charge in [-0.05, 0) is 43.9 Å². The standard InChI is InChI=1S/C19H33N/c1-4-6-7-8-9-14-19(20-5-2)16-15-18-13-11-10-12-17(18)3/h10-13,19-20H,4-9,14-16H2,1-3H3. The third-order valence-corrected chi connectivity index (χ3v) is 4.17. The fourth-order valence-corrected chi connectivity index (χ4v) is 2.85. The molecule has 1 aromatic carbocycles. The van der Waals surface area contributed by atoms with Crippen LogP contribution in [0, 0.1) is 6.92 Å². The first-order valence-corrected chi connectivity index (χ1v) is 8.55. The quantitative estimate of drug-likeness (QED) is 0.543. The molecule has 1 heteroatoms. The van der Waals surface area contributed by atoms with E-state index in [0.717, 1.165) is 6.54 Å². The molecule has 0 aliphatic rings. The molecule has 1 atom stereocenters. The highest BCUT2D eigenvalue weighted by molar-refractivity contribution is 5.25. The van der Waals surface area contributed by atoms with E-state index in [1.807, 2.05) is 0 Å². The van der Waals surface area contributed by atoms with E-state index in [1.165, 1.54) is 62.5 Å². The highest BCUT2D eigenvalue weighted by atomic mass is 14.9. The van der Waals surface area contributed by atoms with Gasteiger partial charge in [0.05, 0.1) is 0 Å². The van der Waals surface area contributed by atoms with E-state index in [2.05, 4.69) is 50.4 Å². The summed E-state index contributed by atoms with van der Waals surface area (Å²) in [5.41, 5.74) is 2.95. The van der Waals surface area contributed by atoms with Gasteiger partial charge < -0.3 is 5.32 Å². The molecule has 1 nitrogen and oxygen atoms in total. The summed E-state index contributed by atoms with van der Waals surface area (Å²) in [6.45, 7) is 7.82. The lowest BCUT2D eigenvalue weighted by molar-refractivity contribution is 0.439. The number of aryl methyl sites for hydroxylation is 2. The predicted molar refractivity (Wildman–Crippen MR) is 90.3 cm³/mol. The summed E-state index contributed by atoms with van der Waals surface area (Å²) in [5, 5.41) is 3.66. The Hall–Kier alpha value is -0.820. The minimum absolute atomic E-state index is 0.696. The van der Waals surface area contributed by atoms with E-state index in [1.54, 1.807) is 0 Å². The van der Waals surface area contributed by atoms with Crippen molar-refractivity contribution in [2.75, 3.05) is 6.54 Å². The van der Waals surface area contributed by atoms with Crippen molar-refractivity contribution in [1.82, 2.24) is 5.32 Å². The molecule has 0 spiro atoms. The highest BCUT2D eigenvalue weighted by Crippen LogP contribution is 2.14. The molecular formula is C19H33N. The van der Waals surface area contributed by atoms with Crippen molar-refractivity contribution in [1.29, 1.82) is 0 Å². The molecule has 1 unspecified atom stereocenters. The molecule has 0 aliphatic heterocycles. The van der Waals surface area contributed by atoms with Crippen LogP contribution in [0.15, 0.2) is 24.3 Å². The molecule has 0 aromatic heterocycles. The largest absolute Gasteiger partial charge is 0.314 e. The molecule has 1 aromatic rings. The van der Waals surface area contributed by atoms with Crippen LogP contribution in [0.1, 0.15) is 69.9 Å². The molecule has 1 N–H and O–H groups in total. The summed E-state index contributed by atoms with van der Waals surface area (Å²) in [6.07, 6.45) is 10.7. The second-order valence-corrected chi connectivity index (χ2v) is 5.92. The molecule has 0 fully saturated rings. The van der Waals surface area contributed by atoms with Crippen LogP contribution in [0.3, 0.4) is 0 Å². The van der Waals surface area contributed by atoms with Gasteiger partial charge in [-0.2, -0.15) is 0 Å². The van der Waals surface area contributed by atoms with Gasteiger partial charge in [-0.25, -0.2) is 0 Å². The molecule has 0 aliphatic carbocycles. The summed E-state index contributed by atoms with van der Waals surface area (Å²) < 4.78 is 0.